The topological polar surface area (TPSA) is 64.2 Å². The van der Waals surface area contributed by atoms with Crippen LogP contribution in [0.1, 0.15) is 10.5 Å². The molecule has 2 aromatic carbocycles. The van der Waals surface area contributed by atoms with E-state index in [2.05, 4.69) is 10.2 Å². The molecule has 3 rings (SSSR count). The third kappa shape index (κ3) is 3.39. The van der Waals surface area contributed by atoms with Gasteiger partial charge in [-0.1, -0.05) is 24.3 Å². The van der Waals surface area contributed by atoms with Crippen LogP contribution in [0, 0.1) is 0 Å². The molecule has 25 heavy (non-hydrogen) atoms. The second-order valence-electron chi connectivity index (χ2n) is 5.27. The van der Waals surface area contributed by atoms with Gasteiger partial charge in [-0.3, -0.25) is 5.10 Å². The van der Waals surface area contributed by atoms with Gasteiger partial charge in [0.25, 0.3) is 0 Å². The normalized spacial score (nSPS) is 10.5. The molecule has 0 bridgehead atoms. The summed E-state index contributed by atoms with van der Waals surface area (Å²) in [5.74, 6) is 0.294. The smallest absolute Gasteiger partial charge is 0.356 e. The molecule has 0 amide bonds. The Kier molecular flexibility index (Phi) is 5.09. The number of methoxy groups -OCH3 is 2. The van der Waals surface area contributed by atoms with Gasteiger partial charge in [0, 0.05) is 16.0 Å². The highest BCUT2D eigenvalue weighted by Gasteiger charge is 2.22. The minimum Gasteiger partial charge on any atom is -0.497 e. The standard InChI is InChI=1S/C19H18N2O3S/c1-23-14-8-4-12(5-9-14)16-17(20-21-18(16)19(22)24-2)13-6-10-15(25-3)11-7-13/h4-11H,1-3H3,(H,20,21). The van der Waals surface area contributed by atoms with Crippen molar-refractivity contribution >= 4 is 17.7 Å². The number of rotatable bonds is 5. The third-order valence-electron chi connectivity index (χ3n) is 3.90. The Bertz CT molecular complexity index is 871. The van der Waals surface area contributed by atoms with E-state index in [1.54, 1.807) is 18.9 Å². The van der Waals surface area contributed by atoms with Gasteiger partial charge < -0.3 is 9.47 Å². The minimum absolute atomic E-state index is 0.330. The zero-order valence-corrected chi connectivity index (χ0v) is 15.0. The van der Waals surface area contributed by atoms with Gasteiger partial charge in [0.15, 0.2) is 5.69 Å². The van der Waals surface area contributed by atoms with E-state index in [4.69, 9.17) is 9.47 Å². The third-order valence-corrected chi connectivity index (χ3v) is 4.64. The average Bonchev–Trinajstić information content (AvgIpc) is 3.12. The number of nitrogens with zero attached hydrogens (tertiary/aromatic N) is 1. The summed E-state index contributed by atoms with van der Waals surface area (Å²) in [6, 6.07) is 15.6. The van der Waals surface area contributed by atoms with Crippen molar-refractivity contribution < 1.29 is 14.3 Å². The summed E-state index contributed by atoms with van der Waals surface area (Å²) < 4.78 is 10.1. The van der Waals surface area contributed by atoms with E-state index in [-0.39, 0.29) is 0 Å². The first-order chi connectivity index (χ1) is 12.2. The van der Waals surface area contributed by atoms with E-state index in [9.17, 15) is 4.79 Å². The number of carbonyl (C=O) groups is 1. The molecule has 3 aromatic rings. The van der Waals surface area contributed by atoms with Gasteiger partial charge in [-0.15, -0.1) is 11.8 Å². The fraction of sp³-hybridized carbons (Fsp3) is 0.158. The van der Waals surface area contributed by atoms with Crippen molar-refractivity contribution in [2.75, 3.05) is 20.5 Å². The summed E-state index contributed by atoms with van der Waals surface area (Å²) in [6.07, 6.45) is 2.03. The molecule has 0 fully saturated rings. The predicted octanol–water partition coefficient (Wildman–Crippen LogP) is 4.26. The molecule has 0 aliphatic heterocycles. The molecule has 1 N–H and O–H groups in total. The summed E-state index contributed by atoms with van der Waals surface area (Å²) >= 11 is 1.67. The molecule has 0 unspecified atom stereocenters. The van der Waals surface area contributed by atoms with Crippen molar-refractivity contribution in [3.05, 3.63) is 54.2 Å². The number of H-pyrrole nitrogens is 1. The van der Waals surface area contributed by atoms with Crippen LogP contribution in [0.3, 0.4) is 0 Å². The van der Waals surface area contributed by atoms with Crippen LogP contribution in [0.15, 0.2) is 53.4 Å². The highest BCUT2D eigenvalue weighted by Crippen LogP contribution is 2.35. The monoisotopic (exact) mass is 354 g/mol. The molecule has 128 valence electrons. The van der Waals surface area contributed by atoms with Gasteiger partial charge in [-0.2, -0.15) is 5.10 Å². The first kappa shape index (κ1) is 17.1. The largest absolute Gasteiger partial charge is 0.497 e. The number of benzene rings is 2. The Labute approximate surface area is 150 Å². The lowest BCUT2D eigenvalue weighted by Gasteiger charge is -2.07. The number of ether oxygens (including phenoxy) is 2. The zero-order chi connectivity index (χ0) is 17.8. The lowest BCUT2D eigenvalue weighted by atomic mass is 9.99. The number of aromatic amines is 1. The first-order valence-electron chi connectivity index (χ1n) is 7.63. The number of carbonyl (C=O) groups excluding carboxylic acids is 1. The Morgan fingerprint density at radius 3 is 2.20 bits per heavy atom. The average molecular weight is 354 g/mol. The lowest BCUT2D eigenvalue weighted by molar-refractivity contribution is 0.0595. The molecular formula is C19H18N2O3S. The number of esters is 1. The number of thioether (sulfide) groups is 1. The molecule has 0 saturated carbocycles. The summed E-state index contributed by atoms with van der Waals surface area (Å²) in [4.78, 5) is 13.3. The van der Waals surface area contributed by atoms with Crippen molar-refractivity contribution in [3.8, 4) is 28.1 Å². The molecule has 0 spiro atoms. The molecule has 0 aliphatic rings. The fourth-order valence-electron chi connectivity index (χ4n) is 2.59. The second kappa shape index (κ2) is 7.44. The van der Waals surface area contributed by atoms with E-state index in [1.807, 2.05) is 54.8 Å². The highest BCUT2D eigenvalue weighted by molar-refractivity contribution is 7.98. The van der Waals surface area contributed by atoms with Gasteiger partial charge in [0.1, 0.15) is 11.4 Å². The van der Waals surface area contributed by atoms with Crippen molar-refractivity contribution in [2.24, 2.45) is 0 Å². The number of aromatic nitrogens is 2. The van der Waals surface area contributed by atoms with Crippen molar-refractivity contribution in [1.29, 1.82) is 0 Å². The van der Waals surface area contributed by atoms with Crippen LogP contribution in [-0.2, 0) is 4.74 Å². The van der Waals surface area contributed by atoms with Gasteiger partial charge in [-0.05, 0) is 36.1 Å². The van der Waals surface area contributed by atoms with Crippen LogP contribution >= 0.6 is 11.8 Å². The van der Waals surface area contributed by atoms with Crippen LogP contribution in [0.4, 0.5) is 0 Å². The Balaban J connectivity index is 2.14. The fourth-order valence-corrected chi connectivity index (χ4v) is 3.00. The van der Waals surface area contributed by atoms with E-state index in [1.165, 1.54) is 12.0 Å². The second-order valence-corrected chi connectivity index (χ2v) is 6.15. The molecule has 1 aromatic heterocycles. The lowest BCUT2D eigenvalue weighted by Crippen LogP contribution is -2.03. The zero-order valence-electron chi connectivity index (χ0n) is 14.2. The number of hydrogen-bond donors (Lipinski definition) is 1. The van der Waals surface area contributed by atoms with Crippen LogP contribution in [-0.4, -0.2) is 36.6 Å². The molecular weight excluding hydrogens is 336 g/mol. The van der Waals surface area contributed by atoms with E-state index in [0.29, 0.717) is 17.0 Å². The summed E-state index contributed by atoms with van der Waals surface area (Å²) in [7, 11) is 2.97. The Morgan fingerprint density at radius 1 is 1.00 bits per heavy atom. The molecule has 6 heteroatoms. The molecule has 0 radical (unpaired) electrons. The molecule has 0 aliphatic carbocycles. The van der Waals surface area contributed by atoms with Gasteiger partial charge in [0.05, 0.1) is 14.2 Å². The number of nitrogens with one attached hydrogen (secondary N) is 1. The molecule has 5 nitrogen and oxygen atoms in total. The molecule has 1 heterocycles. The quantitative estimate of drug-likeness (QED) is 0.548. The maximum absolute atomic E-state index is 12.2. The molecule has 0 atom stereocenters. The maximum atomic E-state index is 12.2. The summed E-state index contributed by atoms with van der Waals surface area (Å²) in [5, 5.41) is 7.18. The van der Waals surface area contributed by atoms with Crippen LogP contribution in [0.2, 0.25) is 0 Å². The maximum Gasteiger partial charge on any atom is 0.356 e. The van der Waals surface area contributed by atoms with Crippen molar-refractivity contribution in [3.63, 3.8) is 0 Å². The van der Waals surface area contributed by atoms with Crippen LogP contribution in [0.25, 0.3) is 22.4 Å². The van der Waals surface area contributed by atoms with E-state index >= 15 is 0 Å². The van der Waals surface area contributed by atoms with Crippen LogP contribution in [0.5, 0.6) is 5.75 Å². The van der Waals surface area contributed by atoms with Crippen molar-refractivity contribution in [2.45, 2.75) is 4.90 Å². The Morgan fingerprint density at radius 2 is 1.64 bits per heavy atom. The SMILES string of the molecule is COC(=O)c1[nH]nc(-c2ccc(SC)cc2)c1-c1ccc(OC)cc1. The highest BCUT2D eigenvalue weighted by atomic mass is 32.2. The van der Waals surface area contributed by atoms with Crippen molar-refractivity contribution in [1.82, 2.24) is 10.2 Å². The molecule has 0 saturated heterocycles. The first-order valence-corrected chi connectivity index (χ1v) is 8.86. The van der Waals surface area contributed by atoms with Gasteiger partial charge in [-0.25, -0.2) is 4.79 Å². The van der Waals surface area contributed by atoms with Gasteiger partial charge in [0.2, 0.25) is 0 Å². The van der Waals surface area contributed by atoms with E-state index < -0.39 is 5.97 Å². The summed E-state index contributed by atoms with van der Waals surface area (Å²) in [5.41, 5.74) is 3.54. The summed E-state index contributed by atoms with van der Waals surface area (Å²) in [6.45, 7) is 0. The Hall–Kier alpha value is -2.73. The van der Waals surface area contributed by atoms with Crippen LogP contribution < -0.4 is 4.74 Å². The predicted molar refractivity (Wildman–Crippen MR) is 99.1 cm³/mol. The number of hydrogen-bond acceptors (Lipinski definition) is 5. The van der Waals surface area contributed by atoms with E-state index in [0.717, 1.165) is 16.9 Å². The van der Waals surface area contributed by atoms with Gasteiger partial charge >= 0.3 is 5.97 Å². The minimum atomic E-state index is -0.453.